The van der Waals surface area contributed by atoms with Gasteiger partial charge in [-0.25, -0.2) is 4.98 Å². The molecule has 0 radical (unpaired) electrons. The summed E-state index contributed by atoms with van der Waals surface area (Å²) in [7, 11) is 0. The number of allylic oxidation sites excluding steroid dienone is 2. The number of fused-ring (bicyclic) bond motifs is 2. The largest absolute Gasteiger partial charge is 0.342 e. The monoisotopic (exact) mass is 449 g/mol. The second kappa shape index (κ2) is 8.86. The molecule has 0 amide bonds. The molecule has 3 N–H and O–H groups in total. The molecule has 34 heavy (non-hydrogen) atoms. The second-order valence-corrected chi connectivity index (χ2v) is 8.45. The molecule has 0 saturated carbocycles. The normalized spacial score (nSPS) is 12.8. The van der Waals surface area contributed by atoms with E-state index < -0.39 is 0 Å². The van der Waals surface area contributed by atoms with E-state index in [1.807, 2.05) is 25.1 Å². The number of anilines is 5. The average Bonchev–Trinajstić information content (AvgIpc) is 3.31. The number of hydrogen-bond acceptors (Lipinski definition) is 6. The molecule has 0 aliphatic carbocycles. The third kappa shape index (κ3) is 4.15. The van der Waals surface area contributed by atoms with Crippen LogP contribution in [-0.4, -0.2) is 26.7 Å². The van der Waals surface area contributed by atoms with E-state index in [4.69, 9.17) is 4.98 Å². The predicted molar refractivity (Wildman–Crippen MR) is 141 cm³/mol. The molecule has 0 fully saturated rings. The van der Waals surface area contributed by atoms with Crippen LogP contribution in [0.5, 0.6) is 0 Å². The van der Waals surface area contributed by atoms with Gasteiger partial charge >= 0.3 is 0 Å². The van der Waals surface area contributed by atoms with Crippen LogP contribution in [0.2, 0.25) is 0 Å². The summed E-state index contributed by atoms with van der Waals surface area (Å²) in [6.45, 7) is 15.0. The van der Waals surface area contributed by atoms with Gasteiger partial charge in [0.15, 0.2) is 0 Å². The van der Waals surface area contributed by atoms with Crippen molar-refractivity contribution >= 4 is 45.3 Å². The van der Waals surface area contributed by atoms with Crippen molar-refractivity contribution < 1.29 is 0 Å². The zero-order valence-corrected chi connectivity index (χ0v) is 19.2. The van der Waals surface area contributed by atoms with Crippen molar-refractivity contribution in [2.24, 2.45) is 0 Å². The zero-order valence-electron chi connectivity index (χ0n) is 19.2. The SMILES string of the molecule is C=CC(=C)N1CCCc2ccc(Nc3nc(Nc4ccc5cn[nH]c5c4)ncc3C(=C)C)cc21. The lowest BCUT2D eigenvalue weighted by atomic mass is 10.0. The summed E-state index contributed by atoms with van der Waals surface area (Å²) < 4.78 is 0. The topological polar surface area (TPSA) is 81.8 Å². The average molecular weight is 450 g/mol. The van der Waals surface area contributed by atoms with Crippen molar-refractivity contribution in [3.05, 3.63) is 91.4 Å². The van der Waals surface area contributed by atoms with Gasteiger partial charge in [-0.2, -0.15) is 10.1 Å². The van der Waals surface area contributed by atoms with Gasteiger partial charge in [0.25, 0.3) is 0 Å². The second-order valence-electron chi connectivity index (χ2n) is 8.45. The molecule has 0 unspecified atom stereocenters. The molecular weight excluding hydrogens is 422 g/mol. The van der Waals surface area contributed by atoms with E-state index in [0.717, 1.165) is 64.2 Å². The van der Waals surface area contributed by atoms with E-state index in [9.17, 15) is 0 Å². The van der Waals surface area contributed by atoms with Crippen molar-refractivity contribution in [2.75, 3.05) is 22.1 Å². The Labute approximate surface area is 198 Å². The van der Waals surface area contributed by atoms with Crippen molar-refractivity contribution in [1.29, 1.82) is 0 Å². The van der Waals surface area contributed by atoms with Crippen LogP contribution in [0.15, 0.2) is 80.3 Å². The number of nitrogens with zero attached hydrogens (tertiary/aromatic N) is 4. The highest BCUT2D eigenvalue weighted by molar-refractivity contribution is 5.83. The summed E-state index contributed by atoms with van der Waals surface area (Å²) >= 11 is 0. The van der Waals surface area contributed by atoms with Crippen molar-refractivity contribution in [1.82, 2.24) is 20.2 Å². The Morgan fingerprint density at radius 2 is 1.91 bits per heavy atom. The predicted octanol–water partition coefficient (Wildman–Crippen LogP) is 6.33. The van der Waals surface area contributed by atoms with Gasteiger partial charge in [-0.05, 0) is 67.3 Å². The van der Waals surface area contributed by atoms with E-state index in [1.54, 1.807) is 18.5 Å². The molecule has 2 aromatic heterocycles. The van der Waals surface area contributed by atoms with Crippen LogP contribution in [0.25, 0.3) is 16.5 Å². The van der Waals surface area contributed by atoms with Gasteiger partial charge in [-0.3, -0.25) is 5.10 Å². The molecular formula is C27H27N7. The van der Waals surface area contributed by atoms with Gasteiger partial charge in [-0.1, -0.05) is 25.8 Å². The number of H-pyrrole nitrogens is 1. The summed E-state index contributed by atoms with van der Waals surface area (Å²) in [5.41, 5.74) is 7.86. The lowest BCUT2D eigenvalue weighted by molar-refractivity contribution is 0.752. The Hall–Kier alpha value is -4.39. The van der Waals surface area contributed by atoms with E-state index in [0.29, 0.717) is 11.8 Å². The smallest absolute Gasteiger partial charge is 0.229 e. The highest BCUT2D eigenvalue weighted by Gasteiger charge is 2.19. The van der Waals surface area contributed by atoms with Crippen LogP contribution in [0, 0.1) is 0 Å². The molecule has 1 aliphatic heterocycles. The Bertz CT molecular complexity index is 1420. The first-order valence-corrected chi connectivity index (χ1v) is 11.2. The lowest BCUT2D eigenvalue weighted by Gasteiger charge is -2.32. The maximum absolute atomic E-state index is 4.77. The minimum atomic E-state index is 0.492. The van der Waals surface area contributed by atoms with E-state index in [1.165, 1.54) is 5.56 Å². The van der Waals surface area contributed by atoms with Crippen LogP contribution < -0.4 is 15.5 Å². The Morgan fingerprint density at radius 3 is 2.74 bits per heavy atom. The van der Waals surface area contributed by atoms with Gasteiger partial charge in [0.05, 0.1) is 11.7 Å². The van der Waals surface area contributed by atoms with E-state index in [2.05, 4.69) is 68.7 Å². The van der Waals surface area contributed by atoms with Crippen LogP contribution in [0.4, 0.5) is 28.8 Å². The molecule has 0 saturated heterocycles. The first-order chi connectivity index (χ1) is 16.5. The van der Waals surface area contributed by atoms with Crippen LogP contribution in [0.1, 0.15) is 24.5 Å². The van der Waals surface area contributed by atoms with Gasteiger partial charge in [0.2, 0.25) is 5.95 Å². The molecule has 4 aromatic rings. The molecule has 5 rings (SSSR count). The van der Waals surface area contributed by atoms with E-state index in [-0.39, 0.29) is 0 Å². The van der Waals surface area contributed by atoms with Crippen molar-refractivity contribution in [2.45, 2.75) is 19.8 Å². The number of aromatic amines is 1. The minimum Gasteiger partial charge on any atom is -0.342 e. The fourth-order valence-corrected chi connectivity index (χ4v) is 4.19. The fraction of sp³-hybridized carbons (Fsp3) is 0.148. The molecule has 0 atom stereocenters. The minimum absolute atomic E-state index is 0.492. The summed E-state index contributed by atoms with van der Waals surface area (Å²) in [5, 5.41) is 14.9. The standard InChI is InChI=1S/C27H27N7/c1-5-18(4)34-12-6-7-19-8-10-22(14-25(19)34)30-26-23(17(2)3)16-28-27(32-26)31-21-11-9-20-15-29-33-24(20)13-21/h5,8-11,13-16H,1-2,4,6-7,12H2,3H3,(H,29,33)(H2,28,30,31,32). The molecule has 7 nitrogen and oxygen atoms in total. The Kier molecular flexibility index (Phi) is 5.59. The van der Waals surface area contributed by atoms with Gasteiger partial charge in [0, 0.05) is 46.5 Å². The number of hydrogen-bond donors (Lipinski definition) is 3. The highest BCUT2D eigenvalue weighted by atomic mass is 15.2. The quantitative estimate of drug-likeness (QED) is 0.286. The van der Waals surface area contributed by atoms with Crippen molar-refractivity contribution in [3.8, 4) is 0 Å². The van der Waals surface area contributed by atoms with Gasteiger partial charge in [-0.15, -0.1) is 0 Å². The molecule has 0 spiro atoms. The molecule has 2 aromatic carbocycles. The summed E-state index contributed by atoms with van der Waals surface area (Å²) in [6, 6.07) is 12.4. The first-order valence-electron chi connectivity index (χ1n) is 11.2. The lowest BCUT2D eigenvalue weighted by Crippen LogP contribution is -2.27. The number of benzene rings is 2. The molecule has 170 valence electrons. The summed E-state index contributed by atoms with van der Waals surface area (Å²) in [4.78, 5) is 11.5. The van der Waals surface area contributed by atoms with Gasteiger partial charge < -0.3 is 15.5 Å². The molecule has 1 aliphatic rings. The third-order valence-corrected chi connectivity index (χ3v) is 6.00. The van der Waals surface area contributed by atoms with Crippen LogP contribution in [-0.2, 0) is 6.42 Å². The molecule has 0 bridgehead atoms. The Balaban J connectivity index is 1.46. The summed E-state index contributed by atoms with van der Waals surface area (Å²) in [5.74, 6) is 1.18. The third-order valence-electron chi connectivity index (χ3n) is 6.00. The first kappa shape index (κ1) is 21.5. The van der Waals surface area contributed by atoms with E-state index >= 15 is 0 Å². The van der Waals surface area contributed by atoms with Crippen LogP contribution >= 0.6 is 0 Å². The Morgan fingerprint density at radius 1 is 1.09 bits per heavy atom. The maximum atomic E-state index is 4.77. The number of aromatic nitrogens is 4. The molecule has 7 heteroatoms. The number of nitrogens with one attached hydrogen (secondary N) is 3. The number of rotatable bonds is 7. The summed E-state index contributed by atoms with van der Waals surface area (Å²) in [6.07, 6.45) is 7.53. The van der Waals surface area contributed by atoms with Crippen LogP contribution in [0.3, 0.4) is 0 Å². The fourth-order valence-electron chi connectivity index (χ4n) is 4.19. The van der Waals surface area contributed by atoms with Crippen molar-refractivity contribution in [3.63, 3.8) is 0 Å². The zero-order chi connectivity index (χ0) is 23.7. The highest BCUT2D eigenvalue weighted by Crippen LogP contribution is 2.34. The molecule has 3 heterocycles. The van der Waals surface area contributed by atoms with Gasteiger partial charge in [0.1, 0.15) is 5.82 Å². The number of aryl methyl sites for hydroxylation is 1. The maximum Gasteiger partial charge on any atom is 0.229 e.